The molecule has 1 radical (unpaired) electrons. The van der Waals surface area contributed by atoms with Gasteiger partial charge in [-0.25, -0.2) is 0 Å². The largest absolute Gasteiger partial charge is 0.320 e. The van der Waals surface area contributed by atoms with Crippen molar-refractivity contribution in [2.45, 2.75) is 0 Å². The second-order valence-corrected chi connectivity index (χ2v) is 0.778. The molecular weight excluding hydrogens is 66.0 g/mol. The molecule has 0 spiro atoms. The summed E-state index contributed by atoms with van der Waals surface area (Å²) >= 11 is 0. The number of amides is 1. The third kappa shape index (κ3) is 0.173. The highest BCUT2D eigenvalue weighted by atomic mass is 16.2. The topological polar surface area (TPSA) is 29.1 Å². The molecular formula is C3H2NO. The molecule has 0 aromatic carbocycles. The third-order valence-electron chi connectivity index (χ3n) is 0.399. The number of carbonyl (C=O) groups excluding carboxylic acids is 1. The van der Waals surface area contributed by atoms with Crippen LogP contribution in [-0.2, 0) is 4.79 Å². The molecule has 0 bridgehead atoms. The van der Waals surface area contributed by atoms with E-state index in [9.17, 15) is 4.79 Å². The summed E-state index contributed by atoms with van der Waals surface area (Å²) in [5.74, 6) is -0.0509. The minimum Gasteiger partial charge on any atom is -0.320 e. The maximum Gasteiger partial charge on any atom is 0.250 e. The predicted molar refractivity (Wildman–Crippen MR) is 16.0 cm³/mol. The summed E-state index contributed by atoms with van der Waals surface area (Å²) in [6.45, 7) is 0. The van der Waals surface area contributed by atoms with E-state index in [4.69, 9.17) is 0 Å². The van der Waals surface area contributed by atoms with Crippen molar-refractivity contribution in [3.05, 3.63) is 12.3 Å². The smallest absolute Gasteiger partial charge is 0.250 e. The Kier molecular flexibility index (Phi) is 0.283. The van der Waals surface area contributed by atoms with Crippen LogP contribution in [-0.4, -0.2) is 5.91 Å². The Labute approximate surface area is 29.5 Å². The Morgan fingerprint density at radius 2 is 2.40 bits per heavy atom. The summed E-state index contributed by atoms with van der Waals surface area (Å²) < 4.78 is 0. The molecule has 1 aliphatic heterocycles. The lowest BCUT2D eigenvalue weighted by Crippen LogP contribution is -2.23. The van der Waals surface area contributed by atoms with E-state index in [2.05, 4.69) is 11.5 Å². The maximum atomic E-state index is 9.67. The summed E-state index contributed by atoms with van der Waals surface area (Å²) in [5, 5.41) is 2.26. The average Bonchev–Trinajstić information content (AvgIpc) is 1.30. The summed E-state index contributed by atoms with van der Waals surface area (Å²) in [4.78, 5) is 9.67. The van der Waals surface area contributed by atoms with Gasteiger partial charge in [0.15, 0.2) is 0 Å². The van der Waals surface area contributed by atoms with Crippen molar-refractivity contribution in [3.8, 4) is 0 Å². The SMILES string of the molecule is O=C1C=[C]N1. The second-order valence-electron chi connectivity index (χ2n) is 0.778. The highest BCUT2D eigenvalue weighted by Gasteiger charge is 1.97. The van der Waals surface area contributed by atoms with Crippen LogP contribution in [0.4, 0.5) is 0 Å². The molecule has 0 aromatic rings. The highest BCUT2D eigenvalue weighted by molar-refractivity contribution is 5.92. The fraction of sp³-hybridized carbons (Fsp3) is 0. The molecule has 2 heteroatoms. The molecule has 5 heavy (non-hydrogen) atoms. The molecule has 1 aliphatic rings. The molecule has 0 saturated carbocycles. The first-order valence-corrected chi connectivity index (χ1v) is 1.28. The van der Waals surface area contributed by atoms with E-state index in [0.29, 0.717) is 0 Å². The summed E-state index contributed by atoms with van der Waals surface area (Å²) in [6.07, 6.45) is 3.78. The Balaban J connectivity index is 2.71. The lowest BCUT2D eigenvalue weighted by Gasteiger charge is -1.96. The van der Waals surface area contributed by atoms with Crippen LogP contribution in [0.3, 0.4) is 0 Å². The molecule has 0 aromatic heterocycles. The molecule has 25 valence electrons. The lowest BCUT2D eigenvalue weighted by atomic mass is 10.4. The van der Waals surface area contributed by atoms with Crippen molar-refractivity contribution >= 4 is 5.91 Å². The molecule has 1 heterocycles. The van der Waals surface area contributed by atoms with Crippen LogP contribution in [0.15, 0.2) is 6.08 Å². The Bertz CT molecular complexity index is 84.9. The Morgan fingerprint density at radius 3 is 2.40 bits per heavy atom. The molecule has 0 fully saturated rings. The van der Waals surface area contributed by atoms with Crippen LogP contribution in [0.1, 0.15) is 0 Å². The van der Waals surface area contributed by atoms with Crippen molar-refractivity contribution in [2.24, 2.45) is 0 Å². The average molecular weight is 68.1 g/mol. The molecule has 0 unspecified atom stereocenters. The zero-order valence-electron chi connectivity index (χ0n) is 2.49. The van der Waals surface area contributed by atoms with Gasteiger partial charge in [-0.1, -0.05) is 0 Å². The molecule has 1 N–H and O–H groups in total. The van der Waals surface area contributed by atoms with Crippen LogP contribution in [0.2, 0.25) is 0 Å². The predicted octanol–water partition coefficient (Wildman–Crippen LogP) is -0.567. The minimum atomic E-state index is -0.0509. The molecule has 1 amide bonds. The van der Waals surface area contributed by atoms with Gasteiger partial charge in [-0.15, -0.1) is 0 Å². The van der Waals surface area contributed by atoms with Gasteiger partial charge in [0.1, 0.15) is 0 Å². The van der Waals surface area contributed by atoms with E-state index in [0.717, 1.165) is 0 Å². The zero-order chi connectivity index (χ0) is 3.70. The number of rotatable bonds is 0. The quantitative estimate of drug-likeness (QED) is 0.405. The lowest BCUT2D eigenvalue weighted by molar-refractivity contribution is -0.117. The normalized spacial score (nSPS) is 17.2. The van der Waals surface area contributed by atoms with E-state index in [-0.39, 0.29) is 5.91 Å². The van der Waals surface area contributed by atoms with E-state index < -0.39 is 0 Å². The molecule has 2 nitrogen and oxygen atoms in total. The van der Waals surface area contributed by atoms with Crippen LogP contribution in [0.5, 0.6) is 0 Å². The number of carbonyl (C=O) groups is 1. The van der Waals surface area contributed by atoms with E-state index in [1.807, 2.05) is 0 Å². The molecule has 0 atom stereocenters. The van der Waals surface area contributed by atoms with Gasteiger partial charge < -0.3 is 5.32 Å². The van der Waals surface area contributed by atoms with Crippen LogP contribution in [0, 0.1) is 6.20 Å². The number of hydrogen-bond donors (Lipinski definition) is 1. The van der Waals surface area contributed by atoms with Crippen molar-refractivity contribution in [2.75, 3.05) is 0 Å². The van der Waals surface area contributed by atoms with Gasteiger partial charge in [0.2, 0.25) is 0 Å². The van der Waals surface area contributed by atoms with Gasteiger partial charge in [-0.05, 0) is 0 Å². The molecule has 0 saturated heterocycles. The van der Waals surface area contributed by atoms with E-state index in [1.165, 1.54) is 6.08 Å². The van der Waals surface area contributed by atoms with Gasteiger partial charge in [-0.3, -0.25) is 4.79 Å². The van der Waals surface area contributed by atoms with Gasteiger partial charge in [0, 0.05) is 6.08 Å². The number of hydrogen-bond acceptors (Lipinski definition) is 1. The summed E-state index contributed by atoms with van der Waals surface area (Å²) in [5.41, 5.74) is 0. The number of nitrogens with one attached hydrogen (secondary N) is 1. The standard InChI is InChI=1S/C3H2NO/c5-3-1-2-4-3/h1H,(H,4,5). The van der Waals surface area contributed by atoms with Crippen molar-refractivity contribution in [1.29, 1.82) is 0 Å². The van der Waals surface area contributed by atoms with Gasteiger partial charge in [0.05, 0.1) is 6.20 Å². The fourth-order valence-corrected chi connectivity index (χ4v) is 0.131. The highest BCUT2D eigenvalue weighted by Crippen LogP contribution is 1.76. The molecule has 0 aliphatic carbocycles. The van der Waals surface area contributed by atoms with Crippen LogP contribution >= 0.6 is 0 Å². The summed E-state index contributed by atoms with van der Waals surface area (Å²) in [6, 6.07) is 0. The monoisotopic (exact) mass is 68.0 g/mol. The van der Waals surface area contributed by atoms with Crippen molar-refractivity contribution in [1.82, 2.24) is 5.32 Å². The van der Waals surface area contributed by atoms with Crippen LogP contribution < -0.4 is 5.32 Å². The summed E-state index contributed by atoms with van der Waals surface area (Å²) in [7, 11) is 0. The van der Waals surface area contributed by atoms with Crippen LogP contribution in [0.25, 0.3) is 0 Å². The fourth-order valence-electron chi connectivity index (χ4n) is 0.131. The first kappa shape index (κ1) is 2.45. The Hall–Kier alpha value is -0.790. The maximum absolute atomic E-state index is 9.67. The van der Waals surface area contributed by atoms with E-state index in [1.54, 1.807) is 0 Å². The first-order valence-electron chi connectivity index (χ1n) is 1.28. The van der Waals surface area contributed by atoms with E-state index >= 15 is 0 Å². The second kappa shape index (κ2) is 0.578. The van der Waals surface area contributed by atoms with Crippen molar-refractivity contribution in [3.63, 3.8) is 0 Å². The Morgan fingerprint density at radius 1 is 2.00 bits per heavy atom. The zero-order valence-corrected chi connectivity index (χ0v) is 2.49. The van der Waals surface area contributed by atoms with Gasteiger partial charge in [0.25, 0.3) is 5.91 Å². The molecule has 1 rings (SSSR count). The van der Waals surface area contributed by atoms with Gasteiger partial charge in [-0.2, -0.15) is 0 Å². The minimum absolute atomic E-state index is 0.0509. The third-order valence-corrected chi connectivity index (χ3v) is 0.399. The van der Waals surface area contributed by atoms with Gasteiger partial charge >= 0.3 is 0 Å². The van der Waals surface area contributed by atoms with Crippen molar-refractivity contribution < 1.29 is 4.79 Å². The first-order chi connectivity index (χ1) is 2.39.